The minimum Gasteiger partial charge on any atom is -0.349 e. The Morgan fingerprint density at radius 3 is 2.82 bits per heavy atom. The van der Waals surface area contributed by atoms with Gasteiger partial charge in [0.25, 0.3) is 5.91 Å². The topological polar surface area (TPSA) is 29.1 Å². The van der Waals surface area contributed by atoms with Gasteiger partial charge in [-0.25, -0.2) is 4.39 Å². The molecule has 0 heterocycles. The van der Waals surface area contributed by atoms with E-state index in [-0.39, 0.29) is 17.5 Å². The van der Waals surface area contributed by atoms with Gasteiger partial charge in [-0.1, -0.05) is 31.9 Å². The molecule has 1 fully saturated rings. The number of carbonyl (C=O) groups is 1. The van der Waals surface area contributed by atoms with Gasteiger partial charge in [-0.2, -0.15) is 0 Å². The van der Waals surface area contributed by atoms with Gasteiger partial charge in [-0.3, -0.25) is 4.79 Å². The van der Waals surface area contributed by atoms with Gasteiger partial charge in [-0.05, 0) is 30.9 Å². The molecule has 1 saturated carbocycles. The van der Waals surface area contributed by atoms with Crippen LogP contribution in [0.4, 0.5) is 4.39 Å². The minimum atomic E-state index is -0.450. The molecule has 2 atom stereocenters. The van der Waals surface area contributed by atoms with Crippen LogP contribution in [-0.4, -0.2) is 11.9 Å². The van der Waals surface area contributed by atoms with Crippen molar-refractivity contribution in [3.8, 4) is 0 Å². The zero-order valence-electron chi connectivity index (χ0n) is 10.1. The first kappa shape index (κ1) is 12.1. The van der Waals surface area contributed by atoms with E-state index < -0.39 is 5.82 Å². The van der Waals surface area contributed by atoms with E-state index >= 15 is 0 Å². The van der Waals surface area contributed by atoms with Gasteiger partial charge in [0.05, 0.1) is 5.56 Å². The van der Waals surface area contributed by atoms with Crippen molar-refractivity contribution in [1.29, 1.82) is 0 Å². The van der Waals surface area contributed by atoms with Crippen LogP contribution in [0.15, 0.2) is 24.3 Å². The maximum Gasteiger partial charge on any atom is 0.254 e. The molecule has 0 spiro atoms. The largest absolute Gasteiger partial charge is 0.349 e. The SMILES string of the molecule is C[C@@H]1CCC[C@H](NC(=O)c2ccccc2F)C1. The van der Waals surface area contributed by atoms with E-state index in [9.17, 15) is 9.18 Å². The molecule has 3 heteroatoms. The fourth-order valence-electron chi connectivity index (χ4n) is 2.47. The smallest absolute Gasteiger partial charge is 0.254 e. The highest BCUT2D eigenvalue weighted by atomic mass is 19.1. The van der Waals surface area contributed by atoms with Gasteiger partial charge in [0, 0.05) is 6.04 Å². The molecule has 1 aliphatic carbocycles. The van der Waals surface area contributed by atoms with Gasteiger partial charge in [0.2, 0.25) is 0 Å². The minimum absolute atomic E-state index is 0.144. The lowest BCUT2D eigenvalue weighted by atomic mass is 9.87. The van der Waals surface area contributed by atoms with Crippen molar-refractivity contribution in [2.24, 2.45) is 5.92 Å². The molecule has 17 heavy (non-hydrogen) atoms. The van der Waals surface area contributed by atoms with Crippen molar-refractivity contribution in [2.45, 2.75) is 38.6 Å². The molecule has 0 bridgehead atoms. The predicted molar refractivity (Wildman–Crippen MR) is 65.3 cm³/mol. The molecule has 1 aliphatic rings. The molecule has 2 nitrogen and oxygen atoms in total. The van der Waals surface area contributed by atoms with Crippen LogP contribution >= 0.6 is 0 Å². The number of hydrogen-bond donors (Lipinski definition) is 1. The number of rotatable bonds is 2. The molecule has 1 aromatic rings. The lowest BCUT2D eigenvalue weighted by Gasteiger charge is -2.27. The second-order valence-corrected chi connectivity index (χ2v) is 4.92. The molecule has 92 valence electrons. The summed E-state index contributed by atoms with van der Waals surface area (Å²) in [6.45, 7) is 2.20. The standard InChI is InChI=1S/C14H18FNO/c1-10-5-4-6-11(9-10)16-14(17)12-7-2-3-8-13(12)15/h2-3,7-8,10-11H,4-6,9H2,1H3,(H,16,17)/t10-,11+/m1/s1. The molecular weight excluding hydrogens is 217 g/mol. The molecular formula is C14H18FNO. The molecule has 2 rings (SSSR count). The maximum atomic E-state index is 13.4. The first-order valence-electron chi connectivity index (χ1n) is 6.22. The monoisotopic (exact) mass is 235 g/mol. The molecule has 0 unspecified atom stereocenters. The van der Waals surface area contributed by atoms with Crippen LogP contribution in [0.5, 0.6) is 0 Å². The van der Waals surface area contributed by atoms with Crippen molar-refractivity contribution in [3.05, 3.63) is 35.6 Å². The molecule has 1 amide bonds. The molecule has 1 aromatic carbocycles. The normalized spacial score (nSPS) is 24.4. The van der Waals surface area contributed by atoms with Gasteiger partial charge in [0.15, 0.2) is 0 Å². The van der Waals surface area contributed by atoms with Crippen molar-refractivity contribution in [1.82, 2.24) is 5.32 Å². The first-order chi connectivity index (χ1) is 8.16. The highest BCUT2D eigenvalue weighted by Crippen LogP contribution is 2.23. The second kappa shape index (κ2) is 5.30. The zero-order valence-corrected chi connectivity index (χ0v) is 10.1. The molecule has 0 radical (unpaired) electrons. The maximum absolute atomic E-state index is 13.4. The predicted octanol–water partition coefficient (Wildman–Crippen LogP) is 3.13. The van der Waals surface area contributed by atoms with E-state index in [1.165, 1.54) is 18.6 Å². The number of carbonyl (C=O) groups excluding carboxylic acids is 1. The summed E-state index contributed by atoms with van der Waals surface area (Å²) < 4.78 is 13.4. The quantitative estimate of drug-likeness (QED) is 0.838. The highest BCUT2D eigenvalue weighted by molar-refractivity contribution is 5.94. The van der Waals surface area contributed by atoms with Crippen molar-refractivity contribution in [2.75, 3.05) is 0 Å². The van der Waals surface area contributed by atoms with Crippen LogP contribution in [0.25, 0.3) is 0 Å². The Hall–Kier alpha value is -1.38. The van der Waals surface area contributed by atoms with Crippen molar-refractivity contribution < 1.29 is 9.18 Å². The number of nitrogens with one attached hydrogen (secondary N) is 1. The molecule has 1 N–H and O–H groups in total. The highest BCUT2D eigenvalue weighted by Gasteiger charge is 2.21. The third-order valence-electron chi connectivity index (χ3n) is 3.39. The van der Waals surface area contributed by atoms with Gasteiger partial charge in [0.1, 0.15) is 5.82 Å². The Kier molecular flexibility index (Phi) is 3.77. The Bertz CT molecular complexity index is 405. The summed E-state index contributed by atoms with van der Waals surface area (Å²) in [6, 6.07) is 6.32. The lowest BCUT2D eigenvalue weighted by Crippen LogP contribution is -2.38. The van der Waals surface area contributed by atoms with Crippen LogP contribution in [0.1, 0.15) is 43.0 Å². The van der Waals surface area contributed by atoms with Crippen LogP contribution in [-0.2, 0) is 0 Å². The molecule has 0 aliphatic heterocycles. The van der Waals surface area contributed by atoms with Crippen molar-refractivity contribution >= 4 is 5.91 Å². The summed E-state index contributed by atoms with van der Waals surface area (Å²) in [6.07, 6.45) is 4.38. The Morgan fingerprint density at radius 2 is 2.12 bits per heavy atom. The van der Waals surface area contributed by atoms with Crippen LogP contribution in [0.3, 0.4) is 0 Å². The van der Waals surface area contributed by atoms with E-state index in [0.29, 0.717) is 5.92 Å². The van der Waals surface area contributed by atoms with Crippen LogP contribution < -0.4 is 5.32 Å². The van der Waals surface area contributed by atoms with Crippen LogP contribution in [0, 0.1) is 11.7 Å². The summed E-state index contributed by atoms with van der Waals surface area (Å²) in [5.74, 6) is -0.0919. The first-order valence-corrected chi connectivity index (χ1v) is 6.22. The van der Waals surface area contributed by atoms with Gasteiger partial charge >= 0.3 is 0 Å². The Labute approximate surface area is 101 Å². The Morgan fingerprint density at radius 1 is 1.35 bits per heavy atom. The number of halogens is 1. The average molecular weight is 235 g/mol. The van der Waals surface area contributed by atoms with E-state index in [1.54, 1.807) is 12.1 Å². The Balaban J connectivity index is 1.99. The van der Waals surface area contributed by atoms with E-state index in [4.69, 9.17) is 0 Å². The number of hydrogen-bond acceptors (Lipinski definition) is 1. The van der Waals surface area contributed by atoms with Gasteiger partial charge in [-0.15, -0.1) is 0 Å². The fraction of sp³-hybridized carbons (Fsp3) is 0.500. The van der Waals surface area contributed by atoms with Crippen molar-refractivity contribution in [3.63, 3.8) is 0 Å². The summed E-state index contributed by atoms with van der Waals surface area (Å²) in [4.78, 5) is 11.9. The number of amides is 1. The summed E-state index contributed by atoms with van der Waals surface area (Å²) in [5, 5.41) is 2.93. The summed E-state index contributed by atoms with van der Waals surface area (Å²) >= 11 is 0. The molecule has 0 aromatic heterocycles. The summed E-state index contributed by atoms with van der Waals surface area (Å²) in [7, 11) is 0. The number of benzene rings is 1. The third kappa shape index (κ3) is 3.05. The van der Waals surface area contributed by atoms with E-state index in [2.05, 4.69) is 12.2 Å². The zero-order chi connectivity index (χ0) is 12.3. The molecule has 0 saturated heterocycles. The van der Waals surface area contributed by atoms with E-state index in [1.807, 2.05) is 0 Å². The van der Waals surface area contributed by atoms with Gasteiger partial charge < -0.3 is 5.32 Å². The second-order valence-electron chi connectivity index (χ2n) is 4.92. The third-order valence-corrected chi connectivity index (χ3v) is 3.39. The van der Waals surface area contributed by atoms with E-state index in [0.717, 1.165) is 19.3 Å². The lowest BCUT2D eigenvalue weighted by molar-refractivity contribution is 0.0917. The fourth-order valence-corrected chi connectivity index (χ4v) is 2.47. The average Bonchev–Trinajstić information content (AvgIpc) is 2.29. The van der Waals surface area contributed by atoms with Crippen LogP contribution in [0.2, 0.25) is 0 Å². The summed E-state index contributed by atoms with van der Waals surface area (Å²) in [5.41, 5.74) is 0.144.